The van der Waals surface area contributed by atoms with Gasteiger partial charge in [0.25, 0.3) is 0 Å². The van der Waals surface area contributed by atoms with Crippen molar-refractivity contribution in [3.63, 3.8) is 0 Å². The first-order valence-corrected chi connectivity index (χ1v) is 7.16. The van der Waals surface area contributed by atoms with Crippen LogP contribution >= 0.6 is 11.3 Å². The molecule has 1 N–H and O–H groups in total. The summed E-state index contributed by atoms with van der Waals surface area (Å²) in [5.41, 5.74) is 0.522. The maximum Gasteiger partial charge on any atom is 0.397 e. The van der Waals surface area contributed by atoms with E-state index in [1.807, 2.05) is 6.07 Å². The van der Waals surface area contributed by atoms with Crippen molar-refractivity contribution in [2.24, 2.45) is 0 Å². The van der Waals surface area contributed by atoms with E-state index in [4.69, 9.17) is 0 Å². The second-order valence-corrected chi connectivity index (χ2v) is 5.17. The van der Waals surface area contributed by atoms with Gasteiger partial charge in [0.15, 0.2) is 5.00 Å². The second-order valence-electron chi connectivity index (χ2n) is 4.12. The van der Waals surface area contributed by atoms with E-state index in [1.54, 1.807) is 31.2 Å². The molecule has 0 bridgehead atoms. The largest absolute Gasteiger partial charge is 0.459 e. The predicted octanol–water partition coefficient (Wildman–Crippen LogP) is 2.82. The van der Waals surface area contributed by atoms with Gasteiger partial charge < -0.3 is 10.1 Å². The summed E-state index contributed by atoms with van der Waals surface area (Å²) in [6.45, 7) is 1.61. The number of carbonyl (C=O) groups excluding carboxylic acids is 2. The fourth-order valence-corrected chi connectivity index (χ4v) is 2.73. The van der Waals surface area contributed by atoms with Gasteiger partial charge in [-0.25, -0.2) is 4.79 Å². The van der Waals surface area contributed by atoms with Crippen LogP contribution in [0.5, 0.6) is 0 Å². The number of esters is 1. The number of anilines is 1. The number of nitrogens with zero attached hydrogens (tertiary/aromatic N) is 1. The van der Waals surface area contributed by atoms with Gasteiger partial charge >= 0.3 is 17.6 Å². The Morgan fingerprint density at radius 3 is 2.59 bits per heavy atom. The Kier molecular flexibility index (Phi) is 4.84. The van der Waals surface area contributed by atoms with Gasteiger partial charge in [0.1, 0.15) is 0 Å². The van der Waals surface area contributed by atoms with Crippen LogP contribution in [0.4, 0.5) is 10.7 Å². The van der Waals surface area contributed by atoms with Crippen LogP contribution in [-0.4, -0.2) is 23.4 Å². The van der Waals surface area contributed by atoms with Crippen molar-refractivity contribution in [3.8, 4) is 10.4 Å². The minimum absolute atomic E-state index is 0.00176. The van der Waals surface area contributed by atoms with E-state index in [0.29, 0.717) is 4.88 Å². The van der Waals surface area contributed by atoms with Crippen LogP contribution in [0.25, 0.3) is 10.4 Å². The Labute approximate surface area is 129 Å². The van der Waals surface area contributed by atoms with Crippen molar-refractivity contribution in [3.05, 3.63) is 46.5 Å². The molecule has 0 spiro atoms. The summed E-state index contributed by atoms with van der Waals surface area (Å²) in [6.07, 6.45) is 0. The van der Waals surface area contributed by atoms with Crippen LogP contribution in [0.15, 0.2) is 36.4 Å². The Bertz CT molecular complexity index is 711. The third-order valence-electron chi connectivity index (χ3n) is 2.66. The Hall–Kier alpha value is -2.74. The van der Waals surface area contributed by atoms with Crippen molar-refractivity contribution in [1.82, 2.24) is 0 Å². The first-order chi connectivity index (χ1) is 10.5. The average molecular weight is 320 g/mol. The van der Waals surface area contributed by atoms with E-state index < -0.39 is 16.8 Å². The molecule has 0 aliphatic carbocycles. The highest BCUT2D eigenvalue weighted by Gasteiger charge is 2.24. The maximum atomic E-state index is 11.6. The van der Waals surface area contributed by atoms with Crippen LogP contribution in [0.1, 0.15) is 6.92 Å². The van der Waals surface area contributed by atoms with Crippen LogP contribution in [0.2, 0.25) is 0 Å². The lowest BCUT2D eigenvalue weighted by Crippen LogP contribution is -2.24. The van der Waals surface area contributed by atoms with Crippen molar-refractivity contribution in [2.45, 2.75) is 6.92 Å². The van der Waals surface area contributed by atoms with Gasteiger partial charge in [-0.3, -0.25) is 14.9 Å². The predicted molar refractivity (Wildman–Crippen MR) is 81.7 cm³/mol. The van der Waals surface area contributed by atoms with Crippen LogP contribution in [-0.2, 0) is 14.3 Å². The molecular formula is C14H12N2O5S. The second kappa shape index (κ2) is 6.81. The highest BCUT2D eigenvalue weighted by Crippen LogP contribution is 2.40. The van der Waals surface area contributed by atoms with Crippen molar-refractivity contribution >= 4 is 33.9 Å². The molecule has 22 heavy (non-hydrogen) atoms. The third-order valence-corrected chi connectivity index (χ3v) is 3.74. The lowest BCUT2D eigenvalue weighted by atomic mass is 10.2. The van der Waals surface area contributed by atoms with E-state index in [0.717, 1.165) is 16.9 Å². The normalized spacial score (nSPS) is 10.0. The molecule has 0 radical (unpaired) electrons. The van der Waals surface area contributed by atoms with E-state index in [2.05, 4.69) is 10.1 Å². The molecule has 0 aliphatic heterocycles. The number of rotatable bonds is 4. The number of hydrogen-bond donors (Lipinski definition) is 1. The zero-order valence-corrected chi connectivity index (χ0v) is 12.4. The molecule has 0 unspecified atom stereocenters. The molecule has 0 atom stereocenters. The van der Waals surface area contributed by atoms with Crippen LogP contribution in [0, 0.1) is 10.1 Å². The minimum Gasteiger partial charge on any atom is -0.459 e. The van der Waals surface area contributed by atoms with Gasteiger partial charge in [-0.2, -0.15) is 0 Å². The summed E-state index contributed by atoms with van der Waals surface area (Å²) < 4.78 is 4.55. The van der Waals surface area contributed by atoms with Gasteiger partial charge in [-0.15, -0.1) is 11.3 Å². The number of thiophene rings is 1. The monoisotopic (exact) mass is 320 g/mol. The fraction of sp³-hybridized carbons (Fsp3) is 0.143. The molecule has 2 aromatic rings. The third kappa shape index (κ3) is 3.47. The number of nitro groups is 1. The topological polar surface area (TPSA) is 98.5 Å². The summed E-state index contributed by atoms with van der Waals surface area (Å²) in [5, 5.41) is 13.3. The van der Waals surface area contributed by atoms with Gasteiger partial charge in [0, 0.05) is 10.9 Å². The number of ether oxygens (including phenoxy) is 1. The summed E-state index contributed by atoms with van der Waals surface area (Å²) >= 11 is 1.02. The molecule has 1 heterocycles. The molecule has 1 amide bonds. The average Bonchev–Trinajstić information content (AvgIpc) is 2.92. The maximum absolute atomic E-state index is 11.6. The highest BCUT2D eigenvalue weighted by atomic mass is 32.1. The smallest absolute Gasteiger partial charge is 0.397 e. The summed E-state index contributed by atoms with van der Waals surface area (Å²) in [4.78, 5) is 34.0. The Morgan fingerprint density at radius 1 is 1.32 bits per heavy atom. The molecule has 1 aromatic heterocycles. The summed E-state index contributed by atoms with van der Waals surface area (Å²) in [7, 11) is 0. The van der Waals surface area contributed by atoms with Gasteiger partial charge in [0.2, 0.25) is 0 Å². The Morgan fingerprint density at radius 2 is 2.00 bits per heavy atom. The molecule has 0 saturated heterocycles. The van der Waals surface area contributed by atoms with Crippen LogP contribution < -0.4 is 5.32 Å². The number of benzene rings is 1. The van der Waals surface area contributed by atoms with Crippen molar-refractivity contribution in [2.75, 3.05) is 11.9 Å². The van der Waals surface area contributed by atoms with Gasteiger partial charge in [-0.1, -0.05) is 30.3 Å². The van der Waals surface area contributed by atoms with Gasteiger partial charge in [-0.05, 0) is 12.5 Å². The molecular weight excluding hydrogens is 308 g/mol. The SMILES string of the molecule is CCOC(=O)C(=O)Nc1sc(-c2ccccc2)cc1[N+](=O)[O-]. The quantitative estimate of drug-likeness (QED) is 0.404. The molecule has 7 nitrogen and oxygen atoms in total. The summed E-state index contributed by atoms with van der Waals surface area (Å²) in [5.74, 6) is -2.11. The highest BCUT2D eigenvalue weighted by molar-refractivity contribution is 7.20. The minimum atomic E-state index is -1.08. The molecule has 0 aliphatic rings. The first kappa shape index (κ1) is 15.6. The lowest BCUT2D eigenvalue weighted by Gasteiger charge is -2.01. The summed E-state index contributed by atoms with van der Waals surface area (Å²) in [6, 6.07) is 10.4. The molecule has 2 rings (SSSR count). The molecule has 1 aromatic carbocycles. The molecule has 114 valence electrons. The zero-order chi connectivity index (χ0) is 16.1. The van der Waals surface area contributed by atoms with E-state index >= 15 is 0 Å². The number of carbonyl (C=O) groups is 2. The van der Waals surface area contributed by atoms with E-state index in [-0.39, 0.29) is 17.3 Å². The number of nitrogens with one attached hydrogen (secondary N) is 1. The lowest BCUT2D eigenvalue weighted by molar-refractivity contribution is -0.383. The number of hydrogen-bond acceptors (Lipinski definition) is 6. The zero-order valence-electron chi connectivity index (χ0n) is 11.6. The molecule has 8 heteroatoms. The van der Waals surface area contributed by atoms with Crippen molar-refractivity contribution < 1.29 is 19.2 Å². The van der Waals surface area contributed by atoms with Crippen LogP contribution in [0.3, 0.4) is 0 Å². The standard InChI is InChI=1S/C14H12N2O5S/c1-2-21-14(18)12(17)15-13-10(16(19)20)8-11(22-13)9-6-4-3-5-7-9/h3-8H,2H2,1H3,(H,15,17). The Balaban J connectivity index is 2.31. The van der Waals surface area contributed by atoms with Crippen molar-refractivity contribution in [1.29, 1.82) is 0 Å². The number of amides is 1. The molecule has 0 saturated carbocycles. The van der Waals surface area contributed by atoms with Gasteiger partial charge in [0.05, 0.1) is 11.5 Å². The van der Waals surface area contributed by atoms with E-state index in [1.165, 1.54) is 6.07 Å². The fourth-order valence-electron chi connectivity index (χ4n) is 1.70. The van der Waals surface area contributed by atoms with E-state index in [9.17, 15) is 19.7 Å². The first-order valence-electron chi connectivity index (χ1n) is 6.34. The molecule has 0 fully saturated rings.